The minimum atomic E-state index is -0.593. The van der Waals surface area contributed by atoms with Crippen LogP contribution in [0.1, 0.15) is 5.56 Å². The first-order valence-corrected chi connectivity index (χ1v) is 8.24. The fraction of sp³-hybridized carbons (Fsp3) is 0.143. The molecule has 2 aromatic carbocycles. The first-order chi connectivity index (χ1) is 13.1. The van der Waals surface area contributed by atoms with E-state index in [9.17, 15) is 9.59 Å². The molecule has 0 bridgehead atoms. The van der Waals surface area contributed by atoms with Gasteiger partial charge in [0.25, 0.3) is 0 Å². The summed E-state index contributed by atoms with van der Waals surface area (Å²) < 4.78 is 21.1. The normalized spacial score (nSPS) is 10.4. The first kappa shape index (κ1) is 18.3. The molecular weight excluding hydrogens is 348 g/mol. The molecule has 3 aromatic rings. The van der Waals surface area contributed by atoms with Gasteiger partial charge in [0.2, 0.25) is 0 Å². The minimum absolute atomic E-state index is 0.263. The molecule has 0 saturated heterocycles. The second-order valence-corrected chi connectivity index (χ2v) is 5.69. The highest BCUT2D eigenvalue weighted by Gasteiger charge is 2.11. The molecule has 0 N–H and O–H groups in total. The van der Waals surface area contributed by atoms with Crippen molar-refractivity contribution in [2.75, 3.05) is 13.7 Å². The third-order valence-corrected chi connectivity index (χ3v) is 3.78. The average molecular weight is 366 g/mol. The van der Waals surface area contributed by atoms with E-state index < -0.39 is 11.6 Å². The van der Waals surface area contributed by atoms with Crippen LogP contribution in [-0.2, 0) is 11.2 Å². The van der Waals surface area contributed by atoms with Gasteiger partial charge in [-0.3, -0.25) is 0 Å². The average Bonchev–Trinajstić information content (AvgIpc) is 2.66. The third-order valence-electron chi connectivity index (χ3n) is 3.78. The Morgan fingerprint density at radius 3 is 2.70 bits per heavy atom. The van der Waals surface area contributed by atoms with E-state index >= 15 is 0 Å². The van der Waals surface area contributed by atoms with E-state index in [1.165, 1.54) is 19.2 Å². The molecule has 0 aliphatic heterocycles. The zero-order valence-corrected chi connectivity index (χ0v) is 14.8. The highest BCUT2D eigenvalue weighted by molar-refractivity contribution is 5.80. The molecule has 27 heavy (non-hydrogen) atoms. The number of hydrogen-bond acceptors (Lipinski definition) is 6. The summed E-state index contributed by atoms with van der Waals surface area (Å²) in [6.07, 6.45) is 2.50. The Bertz CT molecular complexity index is 1030. The molecule has 0 aliphatic rings. The van der Waals surface area contributed by atoms with E-state index in [2.05, 4.69) is 6.58 Å². The lowest BCUT2D eigenvalue weighted by atomic mass is 10.1. The zero-order valence-electron chi connectivity index (χ0n) is 14.8. The number of esters is 1. The van der Waals surface area contributed by atoms with E-state index in [-0.39, 0.29) is 12.4 Å². The summed E-state index contributed by atoms with van der Waals surface area (Å²) in [5.41, 5.74) is 0.893. The second kappa shape index (κ2) is 8.23. The Kier molecular flexibility index (Phi) is 5.56. The van der Waals surface area contributed by atoms with Crippen molar-refractivity contribution in [2.45, 2.75) is 6.42 Å². The molecule has 0 unspecified atom stereocenters. The number of rotatable bonds is 7. The van der Waals surface area contributed by atoms with Crippen LogP contribution in [0.15, 0.2) is 70.4 Å². The predicted octanol–water partition coefficient (Wildman–Crippen LogP) is 3.51. The molecular formula is C21H18O6. The lowest BCUT2D eigenvalue weighted by Gasteiger charge is -2.11. The van der Waals surface area contributed by atoms with Gasteiger partial charge < -0.3 is 18.6 Å². The molecule has 1 aromatic heterocycles. The molecule has 6 heteroatoms. The van der Waals surface area contributed by atoms with E-state index in [0.29, 0.717) is 23.5 Å². The number of ether oxygens (including phenoxy) is 3. The lowest BCUT2D eigenvalue weighted by molar-refractivity contribution is -0.136. The van der Waals surface area contributed by atoms with E-state index in [4.69, 9.17) is 18.6 Å². The van der Waals surface area contributed by atoms with Crippen LogP contribution in [0.25, 0.3) is 11.0 Å². The summed E-state index contributed by atoms with van der Waals surface area (Å²) in [5, 5.41) is 0.731. The lowest BCUT2D eigenvalue weighted by Crippen LogP contribution is -2.18. The van der Waals surface area contributed by atoms with E-state index in [1.54, 1.807) is 30.3 Å². The van der Waals surface area contributed by atoms with Crippen LogP contribution >= 0.6 is 0 Å². The van der Waals surface area contributed by atoms with Crippen molar-refractivity contribution in [3.05, 3.63) is 77.2 Å². The number of allylic oxidation sites excluding steroid dienone is 1. The van der Waals surface area contributed by atoms with Gasteiger partial charge in [-0.15, -0.1) is 6.58 Å². The number of benzene rings is 2. The van der Waals surface area contributed by atoms with Crippen LogP contribution in [0.5, 0.6) is 17.2 Å². The van der Waals surface area contributed by atoms with Crippen molar-refractivity contribution < 1.29 is 23.4 Å². The molecule has 0 saturated carbocycles. The second-order valence-electron chi connectivity index (χ2n) is 5.69. The van der Waals surface area contributed by atoms with Crippen molar-refractivity contribution in [1.29, 1.82) is 0 Å². The van der Waals surface area contributed by atoms with Gasteiger partial charge in [-0.1, -0.05) is 12.1 Å². The first-order valence-electron chi connectivity index (χ1n) is 8.24. The van der Waals surface area contributed by atoms with E-state index in [1.807, 2.05) is 12.1 Å². The molecule has 0 amide bonds. The summed E-state index contributed by atoms with van der Waals surface area (Å²) in [7, 11) is 1.53. The molecule has 0 atom stereocenters. The Morgan fingerprint density at radius 2 is 1.93 bits per heavy atom. The number of carbonyl (C=O) groups is 1. The Labute approximate surface area is 155 Å². The zero-order chi connectivity index (χ0) is 19.2. The summed E-state index contributed by atoms with van der Waals surface area (Å²) in [5.74, 6) is 0.630. The molecule has 1 heterocycles. The number of methoxy groups -OCH3 is 1. The fourth-order valence-corrected chi connectivity index (χ4v) is 2.53. The number of hydrogen-bond donors (Lipinski definition) is 0. The minimum Gasteiger partial charge on any atom is -0.493 e. The number of fused-ring (bicyclic) bond motifs is 1. The fourth-order valence-electron chi connectivity index (χ4n) is 2.53. The highest BCUT2D eigenvalue weighted by Crippen LogP contribution is 2.28. The standard InChI is InChI=1S/C21H18O6/c1-3-4-14-5-9-17(19(11-14)24-2)25-13-21(23)26-16-8-6-15-7-10-20(22)27-18(15)12-16/h3,5-12H,1,4,13H2,2H3. The van der Waals surface area contributed by atoms with Gasteiger partial charge in [-0.25, -0.2) is 9.59 Å². The van der Waals surface area contributed by atoms with Gasteiger partial charge in [-0.2, -0.15) is 0 Å². The van der Waals surface area contributed by atoms with Gasteiger partial charge in [0, 0.05) is 17.5 Å². The van der Waals surface area contributed by atoms with Gasteiger partial charge >= 0.3 is 11.6 Å². The molecule has 3 rings (SSSR count). The largest absolute Gasteiger partial charge is 0.493 e. The molecule has 0 spiro atoms. The van der Waals surface area contributed by atoms with Crippen LogP contribution < -0.4 is 19.8 Å². The SMILES string of the molecule is C=CCc1ccc(OCC(=O)Oc2ccc3ccc(=O)oc3c2)c(OC)c1. The van der Waals surface area contributed by atoms with Crippen LogP contribution in [0.2, 0.25) is 0 Å². The van der Waals surface area contributed by atoms with Gasteiger partial charge in [0.15, 0.2) is 18.1 Å². The Balaban J connectivity index is 1.66. The summed E-state index contributed by atoms with van der Waals surface area (Å²) in [4.78, 5) is 23.4. The maximum absolute atomic E-state index is 12.1. The van der Waals surface area contributed by atoms with E-state index in [0.717, 1.165) is 10.9 Å². The van der Waals surface area contributed by atoms with Crippen molar-refractivity contribution in [2.24, 2.45) is 0 Å². The molecule has 0 aliphatic carbocycles. The summed E-state index contributed by atoms with van der Waals surface area (Å²) >= 11 is 0. The van der Waals surface area contributed by atoms with Crippen LogP contribution in [0, 0.1) is 0 Å². The third kappa shape index (κ3) is 4.55. The highest BCUT2D eigenvalue weighted by atomic mass is 16.6. The van der Waals surface area contributed by atoms with Gasteiger partial charge in [0.1, 0.15) is 11.3 Å². The summed E-state index contributed by atoms with van der Waals surface area (Å²) in [6, 6.07) is 13.2. The van der Waals surface area contributed by atoms with Crippen molar-refractivity contribution in [3.63, 3.8) is 0 Å². The Hall–Kier alpha value is -3.54. The predicted molar refractivity (Wildman–Crippen MR) is 101 cm³/mol. The molecule has 0 fully saturated rings. The molecule has 0 radical (unpaired) electrons. The topological polar surface area (TPSA) is 75.0 Å². The smallest absolute Gasteiger partial charge is 0.349 e. The van der Waals surface area contributed by atoms with Crippen molar-refractivity contribution in [1.82, 2.24) is 0 Å². The van der Waals surface area contributed by atoms with Crippen molar-refractivity contribution in [3.8, 4) is 17.2 Å². The van der Waals surface area contributed by atoms with Crippen LogP contribution in [0.3, 0.4) is 0 Å². The van der Waals surface area contributed by atoms with Gasteiger partial charge in [-0.05, 0) is 42.3 Å². The monoisotopic (exact) mass is 366 g/mol. The maximum atomic E-state index is 12.1. The quantitative estimate of drug-likeness (QED) is 0.276. The molecule has 6 nitrogen and oxygen atoms in total. The molecule has 138 valence electrons. The van der Waals surface area contributed by atoms with Crippen molar-refractivity contribution >= 4 is 16.9 Å². The van der Waals surface area contributed by atoms with Crippen LogP contribution in [0.4, 0.5) is 0 Å². The maximum Gasteiger partial charge on any atom is 0.349 e. The Morgan fingerprint density at radius 1 is 1.11 bits per heavy atom. The number of carbonyl (C=O) groups excluding carboxylic acids is 1. The van der Waals surface area contributed by atoms with Crippen LogP contribution in [-0.4, -0.2) is 19.7 Å². The van der Waals surface area contributed by atoms with Gasteiger partial charge in [0.05, 0.1) is 7.11 Å². The summed E-state index contributed by atoms with van der Waals surface area (Å²) in [6.45, 7) is 3.40.